The van der Waals surface area contributed by atoms with Crippen LogP contribution < -0.4 is 0 Å². The fourth-order valence-corrected chi connectivity index (χ4v) is 5.71. The molecule has 1 fully saturated rings. The van der Waals surface area contributed by atoms with Crippen molar-refractivity contribution in [3.8, 4) is 0 Å². The predicted molar refractivity (Wildman–Crippen MR) is 71.7 cm³/mol. The molecular weight excluding hydrogens is 216 g/mol. The molecule has 1 aliphatic heterocycles. The van der Waals surface area contributed by atoms with Gasteiger partial charge in [0.05, 0.1) is 12.2 Å². The summed E-state index contributed by atoms with van der Waals surface area (Å²) in [5.74, 6) is -0.243. The SMILES string of the molecule is CC[SiH]1CCCC(OC(C)C)(OC(C)C)C1. The largest absolute Gasteiger partial charge is 0.348 e. The van der Waals surface area contributed by atoms with Gasteiger partial charge in [-0.05, 0) is 33.7 Å². The van der Waals surface area contributed by atoms with Gasteiger partial charge in [-0.3, -0.25) is 0 Å². The lowest BCUT2D eigenvalue weighted by Gasteiger charge is -2.42. The molecule has 3 heteroatoms. The molecule has 1 unspecified atom stereocenters. The standard InChI is InChI=1S/C13H28O2Si/c1-6-16-9-7-8-13(10-16,14-11(2)3)15-12(4)5/h11-12,16H,6-10H2,1-5H3. The highest BCUT2D eigenvalue weighted by Crippen LogP contribution is 2.36. The van der Waals surface area contributed by atoms with Crippen molar-refractivity contribution in [1.82, 2.24) is 0 Å². The molecule has 96 valence electrons. The van der Waals surface area contributed by atoms with Crippen molar-refractivity contribution < 1.29 is 9.47 Å². The number of ether oxygens (including phenoxy) is 2. The molecule has 0 amide bonds. The quantitative estimate of drug-likeness (QED) is 0.544. The average molecular weight is 244 g/mol. The molecule has 0 saturated carbocycles. The predicted octanol–water partition coefficient (Wildman–Crippen LogP) is 3.57. The van der Waals surface area contributed by atoms with Crippen LogP contribution in [0.15, 0.2) is 0 Å². The second kappa shape index (κ2) is 6.17. The lowest BCUT2D eigenvalue weighted by molar-refractivity contribution is -0.262. The summed E-state index contributed by atoms with van der Waals surface area (Å²) in [4.78, 5) is 0. The Morgan fingerprint density at radius 2 is 1.69 bits per heavy atom. The fourth-order valence-electron chi connectivity index (χ4n) is 2.75. The van der Waals surface area contributed by atoms with Crippen molar-refractivity contribution in [2.75, 3.05) is 0 Å². The van der Waals surface area contributed by atoms with Gasteiger partial charge in [0.2, 0.25) is 0 Å². The van der Waals surface area contributed by atoms with Gasteiger partial charge in [0.1, 0.15) is 0 Å². The van der Waals surface area contributed by atoms with Crippen LogP contribution >= 0.6 is 0 Å². The topological polar surface area (TPSA) is 18.5 Å². The van der Waals surface area contributed by atoms with Crippen molar-refractivity contribution in [3.63, 3.8) is 0 Å². The Hall–Kier alpha value is 0.137. The van der Waals surface area contributed by atoms with E-state index in [0.717, 1.165) is 6.42 Å². The van der Waals surface area contributed by atoms with E-state index < -0.39 is 8.80 Å². The summed E-state index contributed by atoms with van der Waals surface area (Å²) in [7, 11) is -0.598. The molecule has 0 bridgehead atoms. The molecule has 1 heterocycles. The van der Waals surface area contributed by atoms with Crippen molar-refractivity contribution in [2.45, 2.75) is 83.6 Å². The van der Waals surface area contributed by atoms with E-state index in [-0.39, 0.29) is 18.0 Å². The third-order valence-electron chi connectivity index (χ3n) is 3.25. The molecule has 1 aliphatic rings. The van der Waals surface area contributed by atoms with Crippen LogP contribution in [0.5, 0.6) is 0 Å². The summed E-state index contributed by atoms with van der Waals surface area (Å²) in [5.41, 5.74) is 0. The Morgan fingerprint density at radius 3 is 2.12 bits per heavy atom. The first kappa shape index (κ1) is 14.2. The van der Waals surface area contributed by atoms with Crippen LogP contribution in [-0.4, -0.2) is 26.8 Å². The van der Waals surface area contributed by atoms with Gasteiger partial charge in [-0.2, -0.15) is 0 Å². The molecule has 0 aromatic rings. The smallest absolute Gasteiger partial charge is 0.166 e. The summed E-state index contributed by atoms with van der Waals surface area (Å²) in [6.45, 7) is 10.8. The zero-order chi connectivity index (χ0) is 12.2. The van der Waals surface area contributed by atoms with E-state index in [2.05, 4.69) is 34.6 Å². The molecule has 16 heavy (non-hydrogen) atoms. The minimum Gasteiger partial charge on any atom is -0.348 e. The van der Waals surface area contributed by atoms with Gasteiger partial charge in [0.25, 0.3) is 0 Å². The van der Waals surface area contributed by atoms with Gasteiger partial charge in [0.15, 0.2) is 5.79 Å². The molecular formula is C13H28O2Si. The van der Waals surface area contributed by atoms with E-state index >= 15 is 0 Å². The maximum Gasteiger partial charge on any atom is 0.166 e. The normalized spacial score (nSPS) is 25.3. The third kappa shape index (κ3) is 4.19. The van der Waals surface area contributed by atoms with Crippen molar-refractivity contribution in [2.24, 2.45) is 0 Å². The Bertz CT molecular complexity index is 194. The zero-order valence-corrected chi connectivity index (χ0v) is 12.7. The molecule has 0 spiro atoms. The van der Waals surface area contributed by atoms with Crippen LogP contribution in [-0.2, 0) is 9.47 Å². The van der Waals surface area contributed by atoms with Crippen molar-refractivity contribution in [1.29, 1.82) is 0 Å². The first-order valence-corrected chi connectivity index (χ1v) is 9.28. The first-order valence-electron chi connectivity index (χ1n) is 6.83. The van der Waals surface area contributed by atoms with Crippen LogP contribution in [0.1, 0.15) is 47.5 Å². The number of hydrogen-bond acceptors (Lipinski definition) is 2. The molecule has 0 aromatic heterocycles. The molecule has 2 nitrogen and oxygen atoms in total. The molecule has 0 N–H and O–H groups in total. The second-order valence-electron chi connectivity index (χ2n) is 5.61. The lowest BCUT2D eigenvalue weighted by atomic mass is 10.1. The minimum absolute atomic E-state index is 0.243. The van der Waals surface area contributed by atoms with Gasteiger partial charge in [-0.1, -0.05) is 25.4 Å². The maximum atomic E-state index is 6.13. The Labute approximate surface area is 102 Å². The molecule has 0 aliphatic carbocycles. The van der Waals surface area contributed by atoms with Gasteiger partial charge in [0, 0.05) is 15.2 Å². The third-order valence-corrected chi connectivity index (χ3v) is 6.83. The van der Waals surface area contributed by atoms with Gasteiger partial charge in [-0.25, -0.2) is 0 Å². The summed E-state index contributed by atoms with van der Waals surface area (Å²) < 4.78 is 12.3. The van der Waals surface area contributed by atoms with Crippen molar-refractivity contribution in [3.05, 3.63) is 0 Å². The lowest BCUT2D eigenvalue weighted by Crippen LogP contribution is -2.46. The Morgan fingerprint density at radius 1 is 1.12 bits per heavy atom. The van der Waals surface area contributed by atoms with E-state index in [0.29, 0.717) is 0 Å². The zero-order valence-electron chi connectivity index (χ0n) is 11.6. The second-order valence-corrected chi connectivity index (χ2v) is 9.15. The van der Waals surface area contributed by atoms with E-state index in [9.17, 15) is 0 Å². The van der Waals surface area contributed by atoms with E-state index in [1.54, 1.807) is 0 Å². The van der Waals surface area contributed by atoms with Crippen molar-refractivity contribution >= 4 is 8.80 Å². The Kier molecular flexibility index (Phi) is 5.48. The number of rotatable bonds is 5. The van der Waals surface area contributed by atoms with Gasteiger partial charge >= 0.3 is 0 Å². The minimum atomic E-state index is -0.598. The fraction of sp³-hybridized carbons (Fsp3) is 1.00. The van der Waals surface area contributed by atoms with E-state index in [1.165, 1.54) is 24.6 Å². The van der Waals surface area contributed by atoms with Crippen LogP contribution in [0.2, 0.25) is 18.1 Å². The highest BCUT2D eigenvalue weighted by molar-refractivity contribution is 6.59. The first-order chi connectivity index (χ1) is 7.47. The summed E-state index contributed by atoms with van der Waals surface area (Å²) >= 11 is 0. The average Bonchev–Trinajstić information content (AvgIpc) is 2.15. The summed E-state index contributed by atoms with van der Waals surface area (Å²) in [6.07, 6.45) is 2.92. The summed E-state index contributed by atoms with van der Waals surface area (Å²) in [5, 5.41) is 0. The highest BCUT2D eigenvalue weighted by Gasteiger charge is 2.39. The monoisotopic (exact) mass is 244 g/mol. The highest BCUT2D eigenvalue weighted by atomic mass is 28.3. The molecule has 1 atom stereocenters. The van der Waals surface area contributed by atoms with Crippen LogP contribution in [0, 0.1) is 0 Å². The molecule has 0 radical (unpaired) electrons. The molecule has 0 aromatic carbocycles. The van der Waals surface area contributed by atoms with E-state index in [4.69, 9.17) is 9.47 Å². The van der Waals surface area contributed by atoms with Gasteiger partial charge < -0.3 is 9.47 Å². The Balaban J connectivity index is 2.68. The van der Waals surface area contributed by atoms with Crippen LogP contribution in [0.3, 0.4) is 0 Å². The molecule has 1 saturated heterocycles. The number of hydrogen-bond donors (Lipinski definition) is 0. The summed E-state index contributed by atoms with van der Waals surface area (Å²) in [6, 6.07) is 4.06. The van der Waals surface area contributed by atoms with Crippen LogP contribution in [0.25, 0.3) is 0 Å². The van der Waals surface area contributed by atoms with E-state index in [1.807, 2.05) is 0 Å². The maximum absolute atomic E-state index is 6.13. The molecule has 1 rings (SSSR count). The van der Waals surface area contributed by atoms with Gasteiger partial charge in [-0.15, -0.1) is 0 Å². The van der Waals surface area contributed by atoms with Crippen LogP contribution in [0.4, 0.5) is 0 Å².